The molecule has 18 heavy (non-hydrogen) atoms. The first kappa shape index (κ1) is 14.0. The third-order valence-electron chi connectivity index (χ3n) is 3.45. The highest BCUT2D eigenvalue weighted by molar-refractivity contribution is 7.09. The third-order valence-corrected chi connectivity index (χ3v) is 4.22. The van der Waals surface area contributed by atoms with Crippen LogP contribution in [0.3, 0.4) is 0 Å². The Bertz CT molecular complexity index is 337. The summed E-state index contributed by atoms with van der Waals surface area (Å²) in [5, 5.41) is 3.29. The molecule has 0 saturated carbocycles. The summed E-state index contributed by atoms with van der Waals surface area (Å²) in [4.78, 5) is 9.39. The van der Waals surface area contributed by atoms with Gasteiger partial charge < -0.3 is 4.90 Å². The van der Waals surface area contributed by atoms with E-state index in [1.165, 1.54) is 37.6 Å². The Morgan fingerprint density at radius 2 is 2.39 bits per heavy atom. The van der Waals surface area contributed by atoms with Crippen molar-refractivity contribution in [1.29, 1.82) is 0 Å². The van der Waals surface area contributed by atoms with Crippen molar-refractivity contribution < 1.29 is 0 Å². The predicted octanol–water partition coefficient (Wildman–Crippen LogP) is 2.55. The van der Waals surface area contributed by atoms with Gasteiger partial charge in [0.15, 0.2) is 0 Å². The summed E-state index contributed by atoms with van der Waals surface area (Å²) in [5.41, 5.74) is 0. The molecule has 4 heteroatoms. The monoisotopic (exact) mass is 267 g/mol. The van der Waals surface area contributed by atoms with Crippen LogP contribution in [0.5, 0.6) is 0 Å². The smallest absolute Gasteiger partial charge is 0.107 e. The van der Waals surface area contributed by atoms with E-state index in [-0.39, 0.29) is 0 Å². The number of rotatable bonds is 6. The highest BCUT2D eigenvalue weighted by Gasteiger charge is 2.23. The zero-order chi connectivity index (χ0) is 13.0. The van der Waals surface area contributed by atoms with E-state index in [0.29, 0.717) is 0 Å². The van der Waals surface area contributed by atoms with E-state index < -0.39 is 0 Å². The average molecular weight is 267 g/mol. The Hall–Kier alpha value is -0.450. The van der Waals surface area contributed by atoms with Crippen molar-refractivity contribution in [3.8, 4) is 0 Å². The molecule has 0 spiro atoms. The van der Waals surface area contributed by atoms with Gasteiger partial charge in [-0.15, -0.1) is 11.3 Å². The fourth-order valence-electron chi connectivity index (χ4n) is 2.81. The summed E-state index contributed by atoms with van der Waals surface area (Å²) >= 11 is 1.75. The predicted molar refractivity (Wildman–Crippen MR) is 77.8 cm³/mol. The van der Waals surface area contributed by atoms with Crippen LogP contribution in [0.1, 0.15) is 25.3 Å². The van der Waals surface area contributed by atoms with Crippen LogP contribution in [0.15, 0.2) is 11.6 Å². The Morgan fingerprint density at radius 3 is 3.06 bits per heavy atom. The number of likely N-dealkylation sites (tertiary alicyclic amines) is 1. The van der Waals surface area contributed by atoms with Crippen LogP contribution in [0.25, 0.3) is 0 Å². The molecule has 2 rings (SSSR count). The molecule has 0 N–H and O–H groups in total. The first-order chi connectivity index (χ1) is 8.63. The summed E-state index contributed by atoms with van der Waals surface area (Å²) in [6.45, 7) is 10.6. The van der Waals surface area contributed by atoms with Gasteiger partial charge in [0.25, 0.3) is 0 Å². The van der Waals surface area contributed by atoms with Crippen LogP contribution < -0.4 is 0 Å². The van der Waals surface area contributed by atoms with E-state index >= 15 is 0 Å². The number of nitrogens with zero attached hydrogens (tertiary/aromatic N) is 3. The van der Waals surface area contributed by atoms with Gasteiger partial charge in [-0.05, 0) is 31.8 Å². The molecule has 1 aliphatic rings. The summed E-state index contributed by atoms with van der Waals surface area (Å²) < 4.78 is 0. The maximum absolute atomic E-state index is 4.35. The number of hydrogen-bond donors (Lipinski definition) is 0. The van der Waals surface area contributed by atoms with Gasteiger partial charge in [-0.2, -0.15) is 0 Å². The molecule has 1 aromatic heterocycles. The second kappa shape index (κ2) is 6.64. The van der Waals surface area contributed by atoms with Crippen molar-refractivity contribution in [3.05, 3.63) is 16.6 Å². The molecule has 1 aromatic rings. The van der Waals surface area contributed by atoms with Gasteiger partial charge in [-0.3, -0.25) is 4.90 Å². The van der Waals surface area contributed by atoms with Crippen LogP contribution in [0.2, 0.25) is 0 Å². The van der Waals surface area contributed by atoms with E-state index in [9.17, 15) is 0 Å². The molecule has 0 amide bonds. The lowest BCUT2D eigenvalue weighted by Gasteiger charge is -2.21. The first-order valence-electron chi connectivity index (χ1n) is 6.92. The minimum absolute atomic E-state index is 0.789. The van der Waals surface area contributed by atoms with Crippen molar-refractivity contribution in [2.24, 2.45) is 11.8 Å². The first-order valence-corrected chi connectivity index (χ1v) is 7.80. The Labute approximate surface area is 115 Å². The van der Waals surface area contributed by atoms with Crippen molar-refractivity contribution in [2.75, 3.05) is 33.2 Å². The van der Waals surface area contributed by atoms with Gasteiger partial charge in [0.1, 0.15) is 5.01 Å². The number of hydrogen-bond acceptors (Lipinski definition) is 4. The highest BCUT2D eigenvalue weighted by atomic mass is 32.1. The second-order valence-corrected chi connectivity index (χ2v) is 6.91. The summed E-state index contributed by atoms with van der Waals surface area (Å²) in [6.07, 6.45) is 3.25. The van der Waals surface area contributed by atoms with Gasteiger partial charge >= 0.3 is 0 Å². The van der Waals surface area contributed by atoms with Crippen LogP contribution >= 0.6 is 11.3 Å². The molecule has 0 aliphatic carbocycles. The van der Waals surface area contributed by atoms with Crippen molar-refractivity contribution in [3.63, 3.8) is 0 Å². The molecule has 0 unspecified atom stereocenters. The zero-order valence-electron chi connectivity index (χ0n) is 11.8. The normalized spacial score (nSPS) is 21.3. The average Bonchev–Trinajstić information content (AvgIpc) is 2.89. The molecule has 102 valence electrons. The van der Waals surface area contributed by atoms with Crippen molar-refractivity contribution in [1.82, 2.24) is 14.8 Å². The summed E-state index contributed by atoms with van der Waals surface area (Å²) in [5.74, 6) is 1.63. The minimum Gasteiger partial charge on any atom is -0.303 e. The Kier molecular flexibility index (Phi) is 5.15. The van der Waals surface area contributed by atoms with E-state index in [4.69, 9.17) is 0 Å². The van der Waals surface area contributed by atoms with Gasteiger partial charge in [0, 0.05) is 31.2 Å². The largest absolute Gasteiger partial charge is 0.303 e. The van der Waals surface area contributed by atoms with Crippen LogP contribution in [0, 0.1) is 11.8 Å². The van der Waals surface area contributed by atoms with Crippen molar-refractivity contribution in [2.45, 2.75) is 26.8 Å². The van der Waals surface area contributed by atoms with E-state index in [0.717, 1.165) is 18.4 Å². The molecule has 0 aromatic carbocycles. The lowest BCUT2D eigenvalue weighted by molar-refractivity contribution is 0.247. The fraction of sp³-hybridized carbons (Fsp3) is 0.786. The highest BCUT2D eigenvalue weighted by Crippen LogP contribution is 2.19. The molecular weight excluding hydrogens is 242 g/mol. The quantitative estimate of drug-likeness (QED) is 0.789. The zero-order valence-corrected chi connectivity index (χ0v) is 12.6. The summed E-state index contributed by atoms with van der Waals surface area (Å²) in [6, 6.07) is 0. The van der Waals surface area contributed by atoms with E-state index in [1.807, 2.05) is 6.20 Å². The van der Waals surface area contributed by atoms with Gasteiger partial charge in [-0.25, -0.2) is 4.98 Å². The lowest BCUT2D eigenvalue weighted by atomic mass is 10.1. The Morgan fingerprint density at radius 1 is 1.56 bits per heavy atom. The fourth-order valence-corrected chi connectivity index (χ4v) is 3.51. The van der Waals surface area contributed by atoms with Crippen LogP contribution in [-0.2, 0) is 6.54 Å². The maximum Gasteiger partial charge on any atom is 0.107 e. The maximum atomic E-state index is 4.35. The third kappa shape index (κ3) is 4.34. The van der Waals surface area contributed by atoms with Crippen molar-refractivity contribution >= 4 is 11.3 Å². The van der Waals surface area contributed by atoms with Crippen LogP contribution in [0.4, 0.5) is 0 Å². The van der Waals surface area contributed by atoms with Gasteiger partial charge in [0.2, 0.25) is 0 Å². The standard InChI is InChI=1S/C14H25N3S/c1-12(2)8-17-6-4-13(10-17)9-16(3)11-14-15-5-7-18-14/h5,7,12-13H,4,6,8-11H2,1-3H3/t13-/m1/s1. The SMILES string of the molecule is CC(C)CN1CC[C@H](CN(C)Cc2nccs2)C1. The topological polar surface area (TPSA) is 19.4 Å². The van der Waals surface area contributed by atoms with E-state index in [1.54, 1.807) is 11.3 Å². The molecule has 0 radical (unpaired) electrons. The molecular formula is C14H25N3S. The Balaban J connectivity index is 1.70. The minimum atomic E-state index is 0.789. The second-order valence-electron chi connectivity index (χ2n) is 5.93. The lowest BCUT2D eigenvalue weighted by Crippen LogP contribution is -2.29. The molecule has 1 fully saturated rings. The molecule has 2 heterocycles. The van der Waals surface area contributed by atoms with Gasteiger partial charge in [0.05, 0.1) is 6.54 Å². The van der Waals surface area contributed by atoms with Gasteiger partial charge in [-0.1, -0.05) is 13.8 Å². The molecule has 3 nitrogen and oxygen atoms in total. The number of aromatic nitrogens is 1. The number of thiazole rings is 1. The van der Waals surface area contributed by atoms with E-state index in [2.05, 4.69) is 41.1 Å². The van der Waals surface area contributed by atoms with Crippen LogP contribution in [-0.4, -0.2) is 48.0 Å². The molecule has 1 saturated heterocycles. The molecule has 1 atom stereocenters. The summed E-state index contributed by atoms with van der Waals surface area (Å²) in [7, 11) is 2.21. The molecule has 1 aliphatic heterocycles. The molecule has 0 bridgehead atoms.